The van der Waals surface area contributed by atoms with Gasteiger partial charge in [-0.25, -0.2) is 0 Å². The first kappa shape index (κ1) is 21.5. The molecule has 2 amide bonds. The Labute approximate surface area is 185 Å². The number of carbonyl (C=O) groups is 2. The number of nitrogens with zero attached hydrogens (tertiary/aromatic N) is 2. The van der Waals surface area contributed by atoms with Crippen molar-refractivity contribution in [3.05, 3.63) is 65.0 Å². The summed E-state index contributed by atoms with van der Waals surface area (Å²) in [6.45, 7) is 4.88. The van der Waals surface area contributed by atoms with Crippen molar-refractivity contribution in [2.24, 2.45) is 0 Å². The van der Waals surface area contributed by atoms with Gasteiger partial charge in [0.05, 0.1) is 17.2 Å². The third-order valence-corrected chi connectivity index (χ3v) is 6.96. The van der Waals surface area contributed by atoms with Gasteiger partial charge < -0.3 is 10.2 Å². The normalized spacial score (nSPS) is 20.5. The van der Waals surface area contributed by atoms with Crippen LogP contribution in [0, 0.1) is 6.92 Å². The number of amides is 2. The zero-order valence-corrected chi connectivity index (χ0v) is 18.7. The number of nitrogens with one attached hydrogen (secondary N) is 1. The molecule has 2 fully saturated rings. The highest BCUT2D eigenvalue weighted by Crippen LogP contribution is 2.44. The fraction of sp³-hybridized carbons (Fsp3) is 0.500. The van der Waals surface area contributed by atoms with Gasteiger partial charge in [-0.3, -0.25) is 14.6 Å². The zero-order valence-electron chi connectivity index (χ0n) is 18.7. The van der Waals surface area contributed by atoms with E-state index in [2.05, 4.69) is 46.4 Å². The number of rotatable bonds is 5. The highest BCUT2D eigenvalue weighted by molar-refractivity contribution is 5.89. The third kappa shape index (κ3) is 4.51. The van der Waals surface area contributed by atoms with Crippen molar-refractivity contribution >= 4 is 11.8 Å². The monoisotopic (exact) mass is 419 g/mol. The Hall–Kier alpha value is -2.69. The number of benzene rings is 1. The molecule has 5 heteroatoms. The summed E-state index contributed by atoms with van der Waals surface area (Å²) in [6.07, 6.45) is 9.07. The molecule has 0 unspecified atom stereocenters. The number of hydrogen-bond donors (Lipinski definition) is 1. The van der Waals surface area contributed by atoms with Crippen molar-refractivity contribution < 1.29 is 9.59 Å². The minimum absolute atomic E-state index is 0.0339. The van der Waals surface area contributed by atoms with Gasteiger partial charge in [0.15, 0.2) is 0 Å². The van der Waals surface area contributed by atoms with Gasteiger partial charge in [0.25, 0.3) is 0 Å². The first-order chi connectivity index (χ1) is 15.0. The van der Waals surface area contributed by atoms with Crippen LogP contribution in [0.5, 0.6) is 0 Å². The van der Waals surface area contributed by atoms with Gasteiger partial charge in [-0.15, -0.1) is 0 Å². The van der Waals surface area contributed by atoms with Crippen molar-refractivity contribution in [3.8, 4) is 0 Å². The van der Waals surface area contributed by atoms with E-state index in [9.17, 15) is 9.59 Å². The van der Waals surface area contributed by atoms with Gasteiger partial charge >= 0.3 is 0 Å². The molecule has 2 aliphatic rings. The van der Waals surface area contributed by atoms with Gasteiger partial charge in [0, 0.05) is 26.2 Å². The van der Waals surface area contributed by atoms with Gasteiger partial charge in [-0.1, -0.05) is 55.2 Å². The van der Waals surface area contributed by atoms with Crippen molar-refractivity contribution in [2.45, 2.75) is 76.8 Å². The first-order valence-electron chi connectivity index (χ1n) is 11.6. The van der Waals surface area contributed by atoms with Crippen LogP contribution in [0.4, 0.5) is 0 Å². The Balaban J connectivity index is 1.58. The molecule has 31 heavy (non-hydrogen) atoms. The van der Waals surface area contributed by atoms with Crippen LogP contribution >= 0.6 is 0 Å². The van der Waals surface area contributed by atoms with Crippen molar-refractivity contribution in [2.75, 3.05) is 6.54 Å². The maximum atomic E-state index is 14.1. The Morgan fingerprint density at radius 1 is 1.06 bits per heavy atom. The fourth-order valence-corrected chi connectivity index (χ4v) is 5.21. The van der Waals surface area contributed by atoms with E-state index in [1.807, 2.05) is 18.3 Å². The molecular formula is C26H33N3O2. The topological polar surface area (TPSA) is 62.3 Å². The molecule has 5 nitrogen and oxygen atoms in total. The molecular weight excluding hydrogens is 386 g/mol. The molecule has 1 aliphatic heterocycles. The molecule has 1 atom stereocenters. The number of likely N-dealkylation sites (tertiary alicyclic amines) is 1. The summed E-state index contributed by atoms with van der Waals surface area (Å²) in [5.41, 5.74) is 3.92. The van der Waals surface area contributed by atoms with Gasteiger partial charge in [-0.2, -0.15) is 0 Å². The molecule has 2 aromatic rings. The smallest absolute Gasteiger partial charge is 0.233 e. The standard InChI is InChI=1S/C26H33N3O2/c1-19-8-11-22(12-9-19)26(14-4-3-5-15-26)25(31)29-16-6-7-24(29)23-13-10-21(18-28-23)17-27-20(2)30/h8-13,18,24H,3-7,14-17H2,1-2H3,(H,27,30)/t24-/m0/s1. The lowest BCUT2D eigenvalue weighted by Crippen LogP contribution is -2.48. The van der Waals surface area contributed by atoms with Gasteiger partial charge in [-0.05, 0) is 49.8 Å². The van der Waals surface area contributed by atoms with Crippen LogP contribution in [0.1, 0.15) is 80.3 Å². The van der Waals surface area contributed by atoms with Crippen LogP contribution in [0.25, 0.3) is 0 Å². The first-order valence-corrected chi connectivity index (χ1v) is 11.6. The summed E-state index contributed by atoms with van der Waals surface area (Å²) in [5, 5.41) is 2.80. The second-order valence-electron chi connectivity index (χ2n) is 9.17. The molecule has 1 saturated carbocycles. The summed E-state index contributed by atoms with van der Waals surface area (Å²) in [5.74, 6) is 0.230. The van der Waals surface area contributed by atoms with E-state index in [0.717, 1.165) is 56.3 Å². The summed E-state index contributed by atoms with van der Waals surface area (Å²) < 4.78 is 0. The maximum absolute atomic E-state index is 14.1. The second-order valence-corrected chi connectivity index (χ2v) is 9.17. The van der Waals surface area contributed by atoms with Crippen LogP contribution in [0.2, 0.25) is 0 Å². The van der Waals surface area contributed by atoms with E-state index in [4.69, 9.17) is 0 Å². The molecule has 0 bridgehead atoms. The van der Waals surface area contributed by atoms with Gasteiger partial charge in [0.2, 0.25) is 11.8 Å². The minimum atomic E-state index is -0.403. The average Bonchev–Trinajstić information content (AvgIpc) is 3.28. The minimum Gasteiger partial charge on any atom is -0.352 e. The van der Waals surface area contributed by atoms with E-state index in [-0.39, 0.29) is 17.9 Å². The molecule has 0 spiro atoms. The lowest BCUT2D eigenvalue weighted by Gasteiger charge is -2.41. The van der Waals surface area contributed by atoms with E-state index in [0.29, 0.717) is 6.54 Å². The molecule has 1 N–H and O–H groups in total. The van der Waals surface area contributed by atoms with Crippen LogP contribution in [0.3, 0.4) is 0 Å². The maximum Gasteiger partial charge on any atom is 0.233 e. The Morgan fingerprint density at radius 3 is 2.45 bits per heavy atom. The zero-order chi connectivity index (χ0) is 21.8. The Morgan fingerprint density at radius 2 is 1.81 bits per heavy atom. The third-order valence-electron chi connectivity index (χ3n) is 6.96. The summed E-state index contributed by atoms with van der Waals surface area (Å²) in [7, 11) is 0. The number of pyridine rings is 1. The number of aromatic nitrogens is 1. The predicted molar refractivity (Wildman–Crippen MR) is 121 cm³/mol. The summed E-state index contributed by atoms with van der Waals surface area (Å²) in [4.78, 5) is 32.0. The van der Waals surface area contributed by atoms with E-state index >= 15 is 0 Å². The molecule has 1 aliphatic carbocycles. The lowest BCUT2D eigenvalue weighted by atomic mass is 9.68. The van der Waals surface area contributed by atoms with Gasteiger partial charge in [0.1, 0.15) is 0 Å². The Kier molecular flexibility index (Phi) is 6.40. The van der Waals surface area contributed by atoms with E-state index < -0.39 is 5.41 Å². The number of hydrogen-bond acceptors (Lipinski definition) is 3. The van der Waals surface area contributed by atoms with Crippen molar-refractivity contribution in [1.29, 1.82) is 0 Å². The summed E-state index contributed by atoms with van der Waals surface area (Å²) in [6, 6.07) is 12.7. The molecule has 164 valence electrons. The largest absolute Gasteiger partial charge is 0.352 e. The van der Waals surface area contributed by atoms with E-state index in [1.165, 1.54) is 24.5 Å². The van der Waals surface area contributed by atoms with Crippen LogP contribution in [-0.4, -0.2) is 28.2 Å². The summed E-state index contributed by atoms with van der Waals surface area (Å²) >= 11 is 0. The Bertz CT molecular complexity index is 915. The fourth-order valence-electron chi connectivity index (χ4n) is 5.21. The van der Waals surface area contributed by atoms with Crippen LogP contribution in [0.15, 0.2) is 42.6 Å². The molecule has 2 heterocycles. The second kappa shape index (κ2) is 9.21. The van der Waals surface area contributed by atoms with Crippen molar-refractivity contribution in [3.63, 3.8) is 0 Å². The highest BCUT2D eigenvalue weighted by atomic mass is 16.2. The number of carbonyl (C=O) groups excluding carboxylic acids is 2. The predicted octanol–water partition coefficient (Wildman–Crippen LogP) is 4.59. The van der Waals surface area contributed by atoms with E-state index in [1.54, 1.807) is 0 Å². The lowest BCUT2D eigenvalue weighted by molar-refractivity contribution is -0.140. The quantitative estimate of drug-likeness (QED) is 0.771. The van der Waals surface area contributed by atoms with Crippen LogP contribution in [-0.2, 0) is 21.5 Å². The molecule has 0 radical (unpaired) electrons. The molecule has 1 aromatic carbocycles. The average molecular weight is 420 g/mol. The van der Waals surface area contributed by atoms with Crippen LogP contribution < -0.4 is 5.32 Å². The number of aryl methyl sites for hydroxylation is 1. The highest BCUT2D eigenvalue weighted by Gasteiger charge is 2.46. The van der Waals surface area contributed by atoms with Crippen molar-refractivity contribution in [1.82, 2.24) is 15.2 Å². The molecule has 1 aromatic heterocycles. The molecule has 4 rings (SSSR count). The molecule has 1 saturated heterocycles. The SMILES string of the molecule is CC(=O)NCc1ccc([C@@H]2CCCN2C(=O)C2(c3ccc(C)cc3)CCCCC2)nc1.